The van der Waals surface area contributed by atoms with E-state index in [-0.39, 0.29) is 24.0 Å². The molecular weight excluding hydrogens is 467 g/mol. The number of nitrogens with one attached hydrogen (secondary N) is 2. The number of hydrogen-bond acceptors (Lipinski definition) is 5. The van der Waals surface area contributed by atoms with E-state index in [1.54, 1.807) is 6.20 Å². The normalized spacial score (nSPS) is 11.0. The largest absolute Gasteiger partial charge is 0.357 e. The van der Waals surface area contributed by atoms with Crippen molar-refractivity contribution in [2.45, 2.75) is 26.8 Å². The highest BCUT2D eigenvalue weighted by Gasteiger charge is 2.09. The zero-order chi connectivity index (χ0) is 18.9. The van der Waals surface area contributed by atoms with Gasteiger partial charge in [-0.25, -0.2) is 4.99 Å². The number of guanidine groups is 1. The van der Waals surface area contributed by atoms with Gasteiger partial charge in [-0.1, -0.05) is 41.1 Å². The van der Waals surface area contributed by atoms with Gasteiger partial charge in [0.2, 0.25) is 0 Å². The number of nitrogens with zero attached hydrogens (tertiary/aromatic N) is 4. The fourth-order valence-corrected chi connectivity index (χ4v) is 2.56. The molecule has 0 saturated heterocycles. The number of benzene rings is 1. The van der Waals surface area contributed by atoms with Crippen molar-refractivity contribution in [3.05, 3.63) is 65.6 Å². The summed E-state index contributed by atoms with van der Waals surface area (Å²) < 4.78 is 5.28. The van der Waals surface area contributed by atoms with E-state index in [2.05, 4.69) is 61.9 Å². The van der Waals surface area contributed by atoms with Gasteiger partial charge in [-0.05, 0) is 31.5 Å². The van der Waals surface area contributed by atoms with Gasteiger partial charge in [0.1, 0.15) is 5.69 Å². The quantitative estimate of drug-likeness (QED) is 0.299. The van der Waals surface area contributed by atoms with Gasteiger partial charge in [-0.15, -0.1) is 24.0 Å². The molecular formula is C20H25IN6O. The van der Waals surface area contributed by atoms with Crippen molar-refractivity contribution in [3.8, 4) is 11.6 Å². The Bertz CT molecular complexity index is 881. The lowest BCUT2D eigenvalue weighted by molar-refractivity contribution is 0.421. The van der Waals surface area contributed by atoms with Crippen LogP contribution in [0.3, 0.4) is 0 Å². The molecule has 2 aromatic heterocycles. The second-order valence-corrected chi connectivity index (χ2v) is 6.09. The molecule has 1 aromatic carbocycles. The molecule has 0 aliphatic heterocycles. The van der Waals surface area contributed by atoms with Crippen LogP contribution in [0.4, 0.5) is 0 Å². The van der Waals surface area contributed by atoms with Crippen LogP contribution in [-0.2, 0) is 13.0 Å². The second kappa shape index (κ2) is 11.4. The predicted octanol–water partition coefficient (Wildman–Crippen LogP) is 3.36. The number of aliphatic imine (C=N–C) groups is 1. The van der Waals surface area contributed by atoms with Gasteiger partial charge in [0, 0.05) is 25.7 Å². The highest BCUT2D eigenvalue weighted by Crippen LogP contribution is 2.13. The van der Waals surface area contributed by atoms with Gasteiger partial charge in [0.05, 0.1) is 6.54 Å². The molecule has 7 nitrogen and oxygen atoms in total. The molecule has 0 aliphatic rings. The minimum atomic E-state index is 0. The molecule has 3 aromatic rings. The summed E-state index contributed by atoms with van der Waals surface area (Å²) in [6.45, 7) is 6.21. The number of pyridine rings is 1. The van der Waals surface area contributed by atoms with Crippen molar-refractivity contribution in [2.24, 2.45) is 4.99 Å². The number of rotatable bonds is 7. The Morgan fingerprint density at radius 3 is 2.79 bits per heavy atom. The summed E-state index contributed by atoms with van der Waals surface area (Å²) in [5, 5.41) is 10.6. The van der Waals surface area contributed by atoms with Crippen LogP contribution in [0.2, 0.25) is 0 Å². The van der Waals surface area contributed by atoms with Crippen LogP contribution in [0.25, 0.3) is 11.6 Å². The topological polar surface area (TPSA) is 88.2 Å². The molecule has 8 heteroatoms. The molecule has 0 spiro atoms. The maximum absolute atomic E-state index is 5.28. The first-order valence-corrected chi connectivity index (χ1v) is 9.06. The van der Waals surface area contributed by atoms with Gasteiger partial charge >= 0.3 is 0 Å². The fourth-order valence-electron chi connectivity index (χ4n) is 2.56. The van der Waals surface area contributed by atoms with E-state index in [4.69, 9.17) is 4.52 Å². The van der Waals surface area contributed by atoms with E-state index < -0.39 is 0 Å². The van der Waals surface area contributed by atoms with Crippen molar-refractivity contribution in [2.75, 3.05) is 13.1 Å². The van der Waals surface area contributed by atoms with Gasteiger partial charge in [-0.2, -0.15) is 4.98 Å². The molecule has 2 heterocycles. The summed E-state index contributed by atoms with van der Waals surface area (Å²) in [5.41, 5.74) is 3.10. The molecule has 28 heavy (non-hydrogen) atoms. The molecule has 0 unspecified atom stereocenters. The van der Waals surface area contributed by atoms with Crippen LogP contribution < -0.4 is 10.6 Å². The van der Waals surface area contributed by atoms with Gasteiger partial charge in [-0.3, -0.25) is 4.98 Å². The minimum absolute atomic E-state index is 0. The first kappa shape index (κ1) is 21.8. The third-order valence-electron chi connectivity index (χ3n) is 3.84. The smallest absolute Gasteiger partial charge is 0.276 e. The average molecular weight is 492 g/mol. The Morgan fingerprint density at radius 2 is 2.04 bits per heavy atom. The van der Waals surface area contributed by atoms with Gasteiger partial charge in [0.25, 0.3) is 5.89 Å². The molecule has 0 fully saturated rings. The van der Waals surface area contributed by atoms with Crippen LogP contribution in [0.5, 0.6) is 0 Å². The first-order chi connectivity index (χ1) is 13.2. The monoisotopic (exact) mass is 492 g/mol. The van der Waals surface area contributed by atoms with Crippen molar-refractivity contribution in [3.63, 3.8) is 0 Å². The standard InChI is InChI=1S/C20H24N6O.HI/c1-3-21-20(24-14-16-8-6-7-15(2)13-16)23-12-10-18-25-19(27-26-18)17-9-4-5-11-22-17;/h4-9,11,13H,3,10,12,14H2,1-2H3,(H2,21,23,24);1H. The number of aromatic nitrogens is 3. The lowest BCUT2D eigenvalue weighted by Gasteiger charge is -2.10. The summed E-state index contributed by atoms with van der Waals surface area (Å²) in [4.78, 5) is 13.2. The van der Waals surface area contributed by atoms with E-state index in [9.17, 15) is 0 Å². The molecule has 0 aliphatic carbocycles. The lowest BCUT2D eigenvalue weighted by Crippen LogP contribution is -2.38. The highest BCUT2D eigenvalue weighted by atomic mass is 127. The van der Waals surface area contributed by atoms with Crippen LogP contribution in [0, 0.1) is 6.92 Å². The Kier molecular flexibility index (Phi) is 8.86. The van der Waals surface area contributed by atoms with E-state index in [1.807, 2.05) is 25.1 Å². The molecule has 3 rings (SSSR count). The number of aryl methyl sites for hydroxylation is 1. The molecule has 2 N–H and O–H groups in total. The van der Waals surface area contributed by atoms with Gasteiger partial charge < -0.3 is 15.2 Å². The van der Waals surface area contributed by atoms with Crippen LogP contribution in [-0.4, -0.2) is 34.2 Å². The zero-order valence-electron chi connectivity index (χ0n) is 16.1. The third-order valence-corrected chi connectivity index (χ3v) is 3.84. The fraction of sp³-hybridized carbons (Fsp3) is 0.300. The van der Waals surface area contributed by atoms with E-state index in [0.29, 0.717) is 36.9 Å². The summed E-state index contributed by atoms with van der Waals surface area (Å²) in [6, 6.07) is 13.9. The van der Waals surface area contributed by atoms with Crippen molar-refractivity contribution < 1.29 is 4.52 Å². The summed E-state index contributed by atoms with van der Waals surface area (Å²) in [6.07, 6.45) is 2.33. The van der Waals surface area contributed by atoms with Crippen LogP contribution >= 0.6 is 24.0 Å². The Hall–Kier alpha value is -2.49. The maximum Gasteiger partial charge on any atom is 0.276 e. The SMILES string of the molecule is CCNC(=NCc1cccc(C)c1)NCCc1noc(-c2ccccn2)n1.I. The molecule has 0 radical (unpaired) electrons. The van der Waals surface area contributed by atoms with Crippen molar-refractivity contribution >= 4 is 29.9 Å². The van der Waals surface area contributed by atoms with E-state index in [0.717, 1.165) is 12.5 Å². The molecule has 148 valence electrons. The molecule has 0 bridgehead atoms. The molecule has 0 amide bonds. The van der Waals surface area contributed by atoms with E-state index in [1.165, 1.54) is 11.1 Å². The van der Waals surface area contributed by atoms with Crippen LogP contribution in [0.15, 0.2) is 58.2 Å². The second-order valence-electron chi connectivity index (χ2n) is 6.09. The number of hydrogen-bond donors (Lipinski definition) is 2. The highest BCUT2D eigenvalue weighted by molar-refractivity contribution is 14.0. The van der Waals surface area contributed by atoms with Crippen molar-refractivity contribution in [1.29, 1.82) is 0 Å². The third kappa shape index (κ3) is 6.59. The molecule has 0 atom stereocenters. The predicted molar refractivity (Wildman–Crippen MR) is 121 cm³/mol. The Labute approximate surface area is 182 Å². The summed E-state index contributed by atoms with van der Waals surface area (Å²) in [5.74, 6) is 1.84. The average Bonchev–Trinajstić information content (AvgIpc) is 3.16. The Balaban J connectivity index is 0.00000280. The summed E-state index contributed by atoms with van der Waals surface area (Å²) in [7, 11) is 0. The first-order valence-electron chi connectivity index (χ1n) is 9.06. The summed E-state index contributed by atoms with van der Waals surface area (Å²) >= 11 is 0. The van der Waals surface area contributed by atoms with Crippen LogP contribution in [0.1, 0.15) is 23.9 Å². The lowest BCUT2D eigenvalue weighted by atomic mass is 10.1. The van der Waals surface area contributed by atoms with E-state index >= 15 is 0 Å². The van der Waals surface area contributed by atoms with Crippen molar-refractivity contribution in [1.82, 2.24) is 25.8 Å². The zero-order valence-corrected chi connectivity index (χ0v) is 18.4. The molecule has 0 saturated carbocycles. The van der Waals surface area contributed by atoms with Gasteiger partial charge in [0.15, 0.2) is 11.8 Å². The Morgan fingerprint density at radius 1 is 1.14 bits per heavy atom. The minimum Gasteiger partial charge on any atom is -0.357 e. The maximum atomic E-state index is 5.28. The number of halogens is 1.